The Kier molecular flexibility index (Phi) is 2.05. The third-order valence-electron chi connectivity index (χ3n) is 2.35. The zero-order chi connectivity index (χ0) is 9.73. The molecule has 1 aliphatic carbocycles. The number of ketones is 2. The highest BCUT2D eigenvalue weighted by Crippen LogP contribution is 2.45. The van der Waals surface area contributed by atoms with Crippen LogP contribution in [0.25, 0.3) is 0 Å². The van der Waals surface area contributed by atoms with E-state index in [-0.39, 0.29) is 0 Å². The summed E-state index contributed by atoms with van der Waals surface area (Å²) in [4.78, 5) is 21.4. The summed E-state index contributed by atoms with van der Waals surface area (Å²) in [6, 6.07) is 0. The molecule has 1 fully saturated rings. The fourth-order valence-electron chi connectivity index (χ4n) is 1.42. The van der Waals surface area contributed by atoms with Gasteiger partial charge in [0.05, 0.1) is 5.38 Å². The first-order valence-corrected chi connectivity index (χ1v) is 4.46. The number of alkyl halides is 2. The molecule has 2 atom stereocenters. The van der Waals surface area contributed by atoms with Gasteiger partial charge in [-0.1, -0.05) is 13.8 Å². The summed E-state index contributed by atoms with van der Waals surface area (Å²) < 4.78 is 0. The topological polar surface area (TPSA) is 34.1 Å². The SMILES string of the molecule is CC1(C)C(=O)C(=O)[C@@](C)(Cl)[C@@H]1Cl. The van der Waals surface area contributed by atoms with E-state index in [1.54, 1.807) is 13.8 Å². The third-order valence-corrected chi connectivity index (χ3v) is 3.83. The van der Waals surface area contributed by atoms with Crippen molar-refractivity contribution in [2.24, 2.45) is 5.41 Å². The Morgan fingerprint density at radius 3 is 1.67 bits per heavy atom. The maximum Gasteiger partial charge on any atom is 0.221 e. The summed E-state index contributed by atoms with van der Waals surface area (Å²) in [6.07, 6.45) is 0. The number of hydrogen-bond acceptors (Lipinski definition) is 2. The van der Waals surface area contributed by atoms with E-state index in [0.29, 0.717) is 0 Å². The van der Waals surface area contributed by atoms with Gasteiger partial charge >= 0.3 is 0 Å². The van der Waals surface area contributed by atoms with Crippen molar-refractivity contribution in [1.29, 1.82) is 0 Å². The molecule has 0 aromatic rings. The predicted molar refractivity (Wildman–Crippen MR) is 47.7 cm³/mol. The van der Waals surface area contributed by atoms with Crippen LogP contribution in [0.15, 0.2) is 0 Å². The third kappa shape index (κ3) is 1.01. The summed E-state index contributed by atoms with van der Waals surface area (Å²) in [6.45, 7) is 4.76. The van der Waals surface area contributed by atoms with Crippen molar-refractivity contribution in [3.63, 3.8) is 0 Å². The molecule has 2 nitrogen and oxygen atoms in total. The van der Waals surface area contributed by atoms with Crippen molar-refractivity contribution in [3.8, 4) is 0 Å². The monoisotopic (exact) mass is 208 g/mol. The summed E-state index contributed by atoms with van der Waals surface area (Å²) in [7, 11) is 0. The molecule has 0 aromatic carbocycles. The van der Waals surface area contributed by atoms with Crippen LogP contribution in [-0.4, -0.2) is 21.8 Å². The molecule has 68 valence electrons. The van der Waals surface area contributed by atoms with Gasteiger partial charge < -0.3 is 0 Å². The van der Waals surface area contributed by atoms with Crippen molar-refractivity contribution >= 4 is 34.8 Å². The summed E-state index contributed by atoms with van der Waals surface area (Å²) in [5.74, 6) is -1.05. The molecular formula is C8H10Cl2O2. The number of carbonyl (C=O) groups is 2. The minimum Gasteiger partial charge on any atom is -0.290 e. The van der Waals surface area contributed by atoms with Crippen LogP contribution in [0.3, 0.4) is 0 Å². The minimum atomic E-state index is -1.23. The highest BCUT2D eigenvalue weighted by Gasteiger charge is 2.60. The van der Waals surface area contributed by atoms with E-state index in [1.165, 1.54) is 6.92 Å². The van der Waals surface area contributed by atoms with Crippen LogP contribution in [0.2, 0.25) is 0 Å². The molecule has 1 saturated carbocycles. The van der Waals surface area contributed by atoms with Gasteiger partial charge in [-0.15, -0.1) is 23.2 Å². The first-order valence-electron chi connectivity index (χ1n) is 3.64. The molecule has 0 aliphatic heterocycles. The first kappa shape index (κ1) is 10.0. The van der Waals surface area contributed by atoms with E-state index in [4.69, 9.17) is 23.2 Å². The van der Waals surface area contributed by atoms with Crippen LogP contribution in [-0.2, 0) is 9.59 Å². The second-order valence-electron chi connectivity index (χ2n) is 3.82. The van der Waals surface area contributed by atoms with Crippen LogP contribution in [0.4, 0.5) is 0 Å². The second kappa shape index (κ2) is 2.46. The zero-order valence-electron chi connectivity index (χ0n) is 7.15. The molecule has 12 heavy (non-hydrogen) atoms. The van der Waals surface area contributed by atoms with Gasteiger partial charge in [-0.3, -0.25) is 9.59 Å². The highest BCUT2D eigenvalue weighted by atomic mass is 35.5. The number of halogens is 2. The standard InChI is InChI=1S/C8H10Cl2O2/c1-7(2)4(11)5(12)8(3,10)6(7)9/h6H,1-3H3/t6-,8-/m1/s1. The van der Waals surface area contributed by atoms with E-state index < -0.39 is 27.2 Å². The molecule has 0 spiro atoms. The van der Waals surface area contributed by atoms with Crippen molar-refractivity contribution in [2.45, 2.75) is 31.0 Å². The van der Waals surface area contributed by atoms with Crippen molar-refractivity contribution in [3.05, 3.63) is 0 Å². The Balaban J connectivity index is 3.21. The second-order valence-corrected chi connectivity index (χ2v) is 5.04. The average molecular weight is 209 g/mol. The fourth-order valence-corrected chi connectivity index (χ4v) is 1.98. The molecule has 0 saturated heterocycles. The summed E-state index contributed by atoms with van der Waals surface area (Å²) >= 11 is 11.8. The number of hydrogen-bond donors (Lipinski definition) is 0. The summed E-state index contributed by atoms with van der Waals surface area (Å²) in [5, 5.41) is -0.633. The van der Waals surface area contributed by atoms with Crippen molar-refractivity contribution in [2.75, 3.05) is 0 Å². The molecule has 0 aromatic heterocycles. The molecule has 0 bridgehead atoms. The van der Waals surface area contributed by atoms with Gasteiger partial charge in [0.1, 0.15) is 4.87 Å². The van der Waals surface area contributed by atoms with Crippen LogP contribution < -0.4 is 0 Å². The van der Waals surface area contributed by atoms with E-state index in [2.05, 4.69) is 0 Å². The summed E-state index contributed by atoms with van der Waals surface area (Å²) in [5.41, 5.74) is -0.838. The van der Waals surface area contributed by atoms with E-state index in [0.717, 1.165) is 0 Å². The van der Waals surface area contributed by atoms with Gasteiger partial charge in [-0.05, 0) is 6.92 Å². The predicted octanol–water partition coefficient (Wildman–Crippen LogP) is 1.77. The maximum atomic E-state index is 11.3. The number of carbonyl (C=O) groups excluding carboxylic acids is 2. The number of Topliss-reactive ketones (excluding diaryl/α,β-unsaturated/α-hetero) is 2. The average Bonchev–Trinajstić information content (AvgIpc) is 2.06. The Labute approximate surface area is 81.2 Å². The maximum absolute atomic E-state index is 11.3. The molecule has 4 heteroatoms. The fraction of sp³-hybridized carbons (Fsp3) is 0.750. The lowest BCUT2D eigenvalue weighted by Gasteiger charge is -2.24. The van der Waals surface area contributed by atoms with E-state index >= 15 is 0 Å². The van der Waals surface area contributed by atoms with Gasteiger partial charge in [0.2, 0.25) is 11.6 Å². The zero-order valence-corrected chi connectivity index (χ0v) is 8.66. The van der Waals surface area contributed by atoms with Crippen LogP contribution >= 0.6 is 23.2 Å². The van der Waals surface area contributed by atoms with Crippen LogP contribution in [0, 0.1) is 5.41 Å². The number of rotatable bonds is 0. The van der Waals surface area contributed by atoms with Crippen molar-refractivity contribution in [1.82, 2.24) is 0 Å². The molecule has 1 aliphatic rings. The molecule has 1 rings (SSSR count). The lowest BCUT2D eigenvalue weighted by atomic mass is 9.89. The van der Waals surface area contributed by atoms with Crippen LogP contribution in [0.5, 0.6) is 0 Å². The molecule has 0 unspecified atom stereocenters. The Hall–Kier alpha value is -0.0800. The Bertz CT molecular complexity index is 230. The van der Waals surface area contributed by atoms with Gasteiger partial charge in [0, 0.05) is 5.41 Å². The van der Waals surface area contributed by atoms with Gasteiger partial charge in [-0.25, -0.2) is 0 Å². The quantitative estimate of drug-likeness (QED) is 0.450. The minimum absolute atomic E-state index is 0.472. The lowest BCUT2D eigenvalue weighted by molar-refractivity contribution is -0.138. The van der Waals surface area contributed by atoms with Gasteiger partial charge in [0.15, 0.2) is 0 Å². The molecule has 0 heterocycles. The van der Waals surface area contributed by atoms with Crippen LogP contribution in [0.1, 0.15) is 20.8 Å². The molecule has 0 radical (unpaired) electrons. The molecule has 0 N–H and O–H groups in total. The highest BCUT2D eigenvalue weighted by molar-refractivity contribution is 6.60. The first-order chi connectivity index (χ1) is 5.22. The molecular weight excluding hydrogens is 199 g/mol. The van der Waals surface area contributed by atoms with E-state index in [9.17, 15) is 9.59 Å². The van der Waals surface area contributed by atoms with Gasteiger partial charge in [-0.2, -0.15) is 0 Å². The van der Waals surface area contributed by atoms with Gasteiger partial charge in [0.25, 0.3) is 0 Å². The Morgan fingerprint density at radius 2 is 1.58 bits per heavy atom. The lowest BCUT2D eigenvalue weighted by Crippen LogP contribution is -2.34. The smallest absolute Gasteiger partial charge is 0.221 e. The normalized spacial score (nSPS) is 40.6. The van der Waals surface area contributed by atoms with E-state index in [1.807, 2.05) is 0 Å². The molecule has 0 amide bonds. The Morgan fingerprint density at radius 1 is 1.17 bits per heavy atom. The largest absolute Gasteiger partial charge is 0.290 e. The van der Waals surface area contributed by atoms with Crippen molar-refractivity contribution < 1.29 is 9.59 Å².